The number of hydrogen-bond donors (Lipinski definition) is 1. The molecule has 2 aromatic rings. The van der Waals surface area contributed by atoms with Crippen LogP contribution in [0.2, 0.25) is 0 Å². The molecule has 4 nitrogen and oxygen atoms in total. The van der Waals surface area contributed by atoms with Gasteiger partial charge in [0.05, 0.1) is 7.11 Å². The van der Waals surface area contributed by atoms with Gasteiger partial charge >= 0.3 is 5.97 Å². The van der Waals surface area contributed by atoms with Crippen LogP contribution in [-0.4, -0.2) is 18.2 Å². The van der Waals surface area contributed by atoms with Gasteiger partial charge in [-0.3, -0.25) is 0 Å². The Kier molecular flexibility index (Phi) is 4.39. The third-order valence-corrected chi connectivity index (χ3v) is 2.58. The SMILES string of the molecule is COc1ccc(/C=C/C(=O)Oc2ccc(O)cc2)cc1. The number of carbonyl (C=O) groups excluding carboxylic acids is 1. The Morgan fingerprint density at radius 3 is 2.20 bits per heavy atom. The van der Waals surface area contributed by atoms with E-state index >= 15 is 0 Å². The molecule has 0 amide bonds. The van der Waals surface area contributed by atoms with E-state index in [-0.39, 0.29) is 5.75 Å². The first-order valence-electron chi connectivity index (χ1n) is 6.00. The Balaban J connectivity index is 1.96. The Morgan fingerprint density at radius 1 is 1.00 bits per heavy atom. The number of phenols is 1. The molecule has 2 aromatic carbocycles. The summed E-state index contributed by atoms with van der Waals surface area (Å²) in [6.07, 6.45) is 3.00. The van der Waals surface area contributed by atoms with Gasteiger partial charge in [-0.25, -0.2) is 4.79 Å². The Morgan fingerprint density at radius 2 is 1.60 bits per heavy atom. The molecule has 1 N–H and O–H groups in total. The number of rotatable bonds is 4. The van der Waals surface area contributed by atoms with Crippen LogP contribution in [0, 0.1) is 0 Å². The average molecular weight is 270 g/mol. The number of esters is 1. The van der Waals surface area contributed by atoms with Crippen molar-refractivity contribution < 1.29 is 19.4 Å². The summed E-state index contributed by atoms with van der Waals surface area (Å²) >= 11 is 0. The van der Waals surface area contributed by atoms with Crippen molar-refractivity contribution in [2.75, 3.05) is 7.11 Å². The molecule has 0 aliphatic rings. The lowest BCUT2D eigenvalue weighted by Gasteiger charge is -2.01. The third-order valence-electron chi connectivity index (χ3n) is 2.58. The summed E-state index contributed by atoms with van der Waals surface area (Å²) in [7, 11) is 1.60. The maximum atomic E-state index is 11.6. The van der Waals surface area contributed by atoms with Crippen LogP contribution in [0.3, 0.4) is 0 Å². The highest BCUT2D eigenvalue weighted by Gasteiger charge is 2.00. The van der Waals surface area contributed by atoms with Crippen molar-refractivity contribution in [3.05, 3.63) is 60.2 Å². The molecule has 2 rings (SSSR count). The molecule has 0 saturated carbocycles. The van der Waals surface area contributed by atoms with Crippen molar-refractivity contribution in [3.63, 3.8) is 0 Å². The average Bonchev–Trinajstić information content (AvgIpc) is 2.48. The molecule has 0 spiro atoms. The zero-order valence-electron chi connectivity index (χ0n) is 10.9. The van der Waals surface area contributed by atoms with Gasteiger partial charge in [0, 0.05) is 6.08 Å². The summed E-state index contributed by atoms with van der Waals surface area (Å²) in [5, 5.41) is 9.12. The Labute approximate surface area is 116 Å². The van der Waals surface area contributed by atoms with Gasteiger partial charge in [-0.05, 0) is 48.0 Å². The number of aromatic hydroxyl groups is 1. The highest BCUT2D eigenvalue weighted by atomic mass is 16.5. The van der Waals surface area contributed by atoms with Crippen LogP contribution in [-0.2, 0) is 4.79 Å². The zero-order chi connectivity index (χ0) is 14.4. The first kappa shape index (κ1) is 13.7. The fourth-order valence-electron chi connectivity index (χ4n) is 1.54. The van der Waals surface area contributed by atoms with Crippen molar-refractivity contribution in [1.82, 2.24) is 0 Å². The first-order chi connectivity index (χ1) is 9.67. The fraction of sp³-hybridized carbons (Fsp3) is 0.0625. The number of benzene rings is 2. The van der Waals surface area contributed by atoms with Crippen molar-refractivity contribution in [3.8, 4) is 17.2 Å². The molecule has 0 radical (unpaired) electrons. The van der Waals surface area contributed by atoms with Gasteiger partial charge in [0.25, 0.3) is 0 Å². The summed E-state index contributed by atoms with van der Waals surface area (Å²) in [6, 6.07) is 13.2. The van der Waals surface area contributed by atoms with E-state index in [0.29, 0.717) is 5.75 Å². The van der Waals surface area contributed by atoms with Crippen LogP contribution in [0.15, 0.2) is 54.6 Å². The number of carbonyl (C=O) groups is 1. The number of phenolic OH excluding ortho intramolecular Hbond substituents is 1. The predicted molar refractivity (Wildman–Crippen MR) is 75.8 cm³/mol. The third kappa shape index (κ3) is 3.88. The highest BCUT2D eigenvalue weighted by Crippen LogP contribution is 2.16. The van der Waals surface area contributed by atoms with Crippen LogP contribution < -0.4 is 9.47 Å². The molecule has 0 atom stereocenters. The first-order valence-corrected chi connectivity index (χ1v) is 6.00. The van der Waals surface area contributed by atoms with Crippen LogP contribution in [0.4, 0.5) is 0 Å². The maximum absolute atomic E-state index is 11.6. The highest BCUT2D eigenvalue weighted by molar-refractivity contribution is 5.88. The lowest BCUT2D eigenvalue weighted by atomic mass is 10.2. The van der Waals surface area contributed by atoms with Gasteiger partial charge in [0.15, 0.2) is 0 Å². The minimum absolute atomic E-state index is 0.124. The molecular weight excluding hydrogens is 256 g/mol. The second kappa shape index (κ2) is 6.43. The molecule has 102 valence electrons. The van der Waals surface area contributed by atoms with Crippen molar-refractivity contribution in [2.45, 2.75) is 0 Å². The second-order valence-electron chi connectivity index (χ2n) is 4.02. The van der Waals surface area contributed by atoms with Crippen LogP contribution >= 0.6 is 0 Å². The summed E-state index contributed by atoms with van der Waals surface area (Å²) in [4.78, 5) is 11.6. The van der Waals surface area contributed by atoms with E-state index in [4.69, 9.17) is 14.6 Å². The van der Waals surface area contributed by atoms with E-state index in [0.717, 1.165) is 11.3 Å². The normalized spacial score (nSPS) is 10.4. The molecule has 0 heterocycles. The molecule has 0 aromatic heterocycles. The summed E-state index contributed by atoms with van der Waals surface area (Å²) in [5.41, 5.74) is 0.869. The molecule has 20 heavy (non-hydrogen) atoms. The minimum Gasteiger partial charge on any atom is -0.508 e. The Hall–Kier alpha value is -2.75. The topological polar surface area (TPSA) is 55.8 Å². The Bertz CT molecular complexity index is 597. The van der Waals surface area contributed by atoms with E-state index in [9.17, 15) is 4.79 Å². The molecular formula is C16H14O4. The van der Waals surface area contributed by atoms with Gasteiger partial charge in [0.1, 0.15) is 17.2 Å². The van der Waals surface area contributed by atoms with E-state index in [2.05, 4.69) is 0 Å². The summed E-state index contributed by atoms with van der Waals surface area (Å²) < 4.78 is 10.1. The monoisotopic (exact) mass is 270 g/mol. The molecule has 0 saturated heterocycles. The largest absolute Gasteiger partial charge is 0.508 e. The number of methoxy groups -OCH3 is 1. The zero-order valence-corrected chi connectivity index (χ0v) is 10.9. The quantitative estimate of drug-likeness (QED) is 0.527. The van der Waals surface area contributed by atoms with E-state index in [1.165, 1.54) is 30.3 Å². The maximum Gasteiger partial charge on any atom is 0.336 e. The van der Waals surface area contributed by atoms with Crippen molar-refractivity contribution >= 4 is 12.0 Å². The molecule has 0 fully saturated rings. The molecule has 0 unspecified atom stereocenters. The van der Waals surface area contributed by atoms with Crippen molar-refractivity contribution in [1.29, 1.82) is 0 Å². The van der Waals surface area contributed by atoms with Gasteiger partial charge in [-0.1, -0.05) is 12.1 Å². The molecule has 0 aliphatic carbocycles. The van der Waals surface area contributed by atoms with E-state index < -0.39 is 5.97 Å². The van der Waals surface area contributed by atoms with Gasteiger partial charge in [-0.2, -0.15) is 0 Å². The smallest absolute Gasteiger partial charge is 0.336 e. The van der Waals surface area contributed by atoms with Gasteiger partial charge in [0.2, 0.25) is 0 Å². The number of ether oxygens (including phenoxy) is 2. The molecule has 4 heteroatoms. The second-order valence-corrected chi connectivity index (χ2v) is 4.02. The fourth-order valence-corrected chi connectivity index (χ4v) is 1.54. The van der Waals surface area contributed by atoms with Crippen LogP contribution in [0.1, 0.15) is 5.56 Å². The van der Waals surface area contributed by atoms with Gasteiger partial charge < -0.3 is 14.6 Å². The molecule has 0 bridgehead atoms. The predicted octanol–water partition coefficient (Wildman–Crippen LogP) is 3.02. The summed E-state index contributed by atoms with van der Waals surface area (Å²) in [6.45, 7) is 0. The van der Waals surface area contributed by atoms with E-state index in [1.54, 1.807) is 13.2 Å². The lowest BCUT2D eigenvalue weighted by molar-refractivity contribution is -0.128. The standard InChI is InChI=1S/C16H14O4/c1-19-14-7-2-12(3-8-14)4-11-16(18)20-15-9-5-13(17)6-10-15/h2-11,17H,1H3/b11-4+. The van der Waals surface area contributed by atoms with Crippen LogP contribution in [0.5, 0.6) is 17.2 Å². The van der Waals surface area contributed by atoms with E-state index in [1.807, 2.05) is 24.3 Å². The van der Waals surface area contributed by atoms with Crippen LogP contribution in [0.25, 0.3) is 6.08 Å². The number of hydrogen-bond acceptors (Lipinski definition) is 4. The minimum atomic E-state index is -0.480. The summed E-state index contributed by atoms with van der Waals surface area (Å²) in [5.74, 6) is 0.783. The molecule has 0 aliphatic heterocycles. The van der Waals surface area contributed by atoms with Gasteiger partial charge in [-0.15, -0.1) is 0 Å². The lowest BCUT2D eigenvalue weighted by Crippen LogP contribution is -2.03. The van der Waals surface area contributed by atoms with Crippen molar-refractivity contribution in [2.24, 2.45) is 0 Å².